The van der Waals surface area contributed by atoms with E-state index in [0.29, 0.717) is 22.9 Å². The van der Waals surface area contributed by atoms with E-state index in [1.54, 1.807) is 31.2 Å². The van der Waals surface area contributed by atoms with Gasteiger partial charge in [0.25, 0.3) is 5.91 Å². The van der Waals surface area contributed by atoms with Crippen molar-refractivity contribution in [1.29, 1.82) is 0 Å². The summed E-state index contributed by atoms with van der Waals surface area (Å²) < 4.78 is 44.3. The Balaban J connectivity index is 1.58. The van der Waals surface area contributed by atoms with Gasteiger partial charge in [0.05, 0.1) is 17.2 Å². The molecule has 2 unspecified atom stereocenters. The third-order valence-electron chi connectivity index (χ3n) is 4.74. The van der Waals surface area contributed by atoms with Crippen LogP contribution in [-0.2, 0) is 11.0 Å². The van der Waals surface area contributed by atoms with Crippen molar-refractivity contribution in [2.75, 3.05) is 0 Å². The number of thioether (sulfide) groups is 1. The second-order valence-corrected chi connectivity index (χ2v) is 8.70. The lowest BCUT2D eigenvalue weighted by Crippen LogP contribution is -2.33. The molecule has 3 aromatic rings. The molecule has 2 aromatic heterocycles. The molecular formula is C21H16ClF3N4O2S. The number of halogens is 4. The smallest absolute Gasteiger partial charge is 0.433 e. The van der Waals surface area contributed by atoms with Crippen LogP contribution in [0.15, 0.2) is 69.6 Å². The van der Waals surface area contributed by atoms with Crippen LogP contribution in [0.2, 0.25) is 5.02 Å². The van der Waals surface area contributed by atoms with Gasteiger partial charge in [-0.25, -0.2) is 15.0 Å². The highest BCUT2D eigenvalue weighted by Crippen LogP contribution is 2.36. The average Bonchev–Trinajstić information content (AvgIpc) is 3.43. The summed E-state index contributed by atoms with van der Waals surface area (Å²) in [5.41, 5.74) is 0.416. The molecule has 0 saturated carbocycles. The molecule has 0 radical (unpaired) electrons. The van der Waals surface area contributed by atoms with Crippen molar-refractivity contribution >= 4 is 35.0 Å². The summed E-state index contributed by atoms with van der Waals surface area (Å²) in [4.78, 5) is 20.6. The standard InChI is InChI=1S/C21H16ClF3N4O2S/c1-12(32-20-26-9-8-18(27-20)21(23,24)25)19(30)29-16(17-3-2-10-31-17)11-15(28-29)13-4-6-14(22)7-5-13/h2-10,12,16H,11H2,1H3. The van der Waals surface area contributed by atoms with Gasteiger partial charge in [0.1, 0.15) is 17.5 Å². The second kappa shape index (κ2) is 8.95. The Morgan fingerprint density at radius 2 is 2.00 bits per heavy atom. The van der Waals surface area contributed by atoms with Gasteiger partial charge in [0.2, 0.25) is 0 Å². The zero-order chi connectivity index (χ0) is 22.9. The van der Waals surface area contributed by atoms with Gasteiger partial charge in [-0.3, -0.25) is 4.79 Å². The molecule has 166 valence electrons. The van der Waals surface area contributed by atoms with Crippen LogP contribution in [-0.4, -0.2) is 31.8 Å². The van der Waals surface area contributed by atoms with Crippen molar-refractivity contribution in [1.82, 2.24) is 15.0 Å². The fraction of sp³-hybridized carbons (Fsp3) is 0.238. The molecule has 1 aliphatic heterocycles. The minimum Gasteiger partial charge on any atom is -0.467 e. The fourth-order valence-electron chi connectivity index (χ4n) is 3.18. The molecule has 11 heteroatoms. The number of benzene rings is 1. The number of hydrogen-bond donors (Lipinski definition) is 0. The Hall–Kier alpha value is -2.85. The van der Waals surface area contributed by atoms with Gasteiger partial charge in [-0.2, -0.15) is 18.3 Å². The van der Waals surface area contributed by atoms with Crippen LogP contribution in [0.5, 0.6) is 0 Å². The number of furan rings is 1. The number of amides is 1. The first-order valence-corrected chi connectivity index (χ1v) is 10.7. The highest BCUT2D eigenvalue weighted by atomic mass is 35.5. The van der Waals surface area contributed by atoms with Crippen LogP contribution in [0, 0.1) is 0 Å². The lowest BCUT2D eigenvalue weighted by Gasteiger charge is -2.22. The van der Waals surface area contributed by atoms with Crippen molar-refractivity contribution in [3.8, 4) is 0 Å². The highest BCUT2D eigenvalue weighted by molar-refractivity contribution is 8.00. The van der Waals surface area contributed by atoms with Crippen molar-refractivity contribution in [3.05, 3.63) is 77.0 Å². The predicted octanol–water partition coefficient (Wildman–Crippen LogP) is 5.60. The van der Waals surface area contributed by atoms with E-state index in [4.69, 9.17) is 16.0 Å². The molecule has 0 N–H and O–H groups in total. The molecule has 4 rings (SSSR count). The minimum atomic E-state index is -4.59. The average molecular weight is 481 g/mol. The summed E-state index contributed by atoms with van der Waals surface area (Å²) in [6, 6.07) is 10.9. The Bertz CT molecular complexity index is 1140. The molecule has 6 nitrogen and oxygen atoms in total. The van der Waals surface area contributed by atoms with E-state index in [-0.39, 0.29) is 5.16 Å². The summed E-state index contributed by atoms with van der Waals surface area (Å²) in [7, 11) is 0. The third-order valence-corrected chi connectivity index (χ3v) is 5.95. The zero-order valence-electron chi connectivity index (χ0n) is 16.6. The summed E-state index contributed by atoms with van der Waals surface area (Å²) in [5.74, 6) is 0.153. The molecule has 0 aliphatic carbocycles. The number of carbonyl (C=O) groups is 1. The van der Waals surface area contributed by atoms with Crippen molar-refractivity contribution in [2.45, 2.75) is 36.0 Å². The first kappa shape index (κ1) is 22.3. The van der Waals surface area contributed by atoms with Crippen LogP contribution in [0.3, 0.4) is 0 Å². The van der Waals surface area contributed by atoms with E-state index in [1.807, 2.05) is 12.1 Å². The molecular weight excluding hydrogens is 465 g/mol. The fourth-order valence-corrected chi connectivity index (χ4v) is 4.11. The molecule has 1 aliphatic rings. The minimum absolute atomic E-state index is 0.142. The Labute approximate surface area is 190 Å². The van der Waals surface area contributed by atoms with Gasteiger partial charge in [0.15, 0.2) is 5.16 Å². The SMILES string of the molecule is CC(Sc1nccc(C(F)(F)F)n1)C(=O)N1N=C(c2ccc(Cl)cc2)CC1c1ccco1. The summed E-state index contributed by atoms with van der Waals surface area (Å²) in [5, 5.41) is 5.47. The normalized spacial score (nSPS) is 17.3. The Morgan fingerprint density at radius 3 is 2.66 bits per heavy atom. The number of carbonyl (C=O) groups excluding carboxylic acids is 1. The van der Waals surface area contributed by atoms with E-state index in [1.165, 1.54) is 11.3 Å². The summed E-state index contributed by atoms with van der Waals surface area (Å²) in [6.45, 7) is 1.58. The quantitative estimate of drug-likeness (QED) is 0.351. The maximum atomic E-state index is 13.2. The lowest BCUT2D eigenvalue weighted by molar-refractivity contribution is -0.141. The highest BCUT2D eigenvalue weighted by Gasteiger charge is 2.38. The van der Waals surface area contributed by atoms with E-state index in [9.17, 15) is 18.0 Å². The molecule has 32 heavy (non-hydrogen) atoms. The van der Waals surface area contributed by atoms with Gasteiger partial charge in [-0.05, 0) is 42.8 Å². The molecule has 0 bridgehead atoms. The van der Waals surface area contributed by atoms with Gasteiger partial charge in [-0.15, -0.1) is 0 Å². The summed E-state index contributed by atoms with van der Waals surface area (Å²) >= 11 is 6.80. The lowest BCUT2D eigenvalue weighted by atomic mass is 10.0. The monoisotopic (exact) mass is 480 g/mol. The van der Waals surface area contributed by atoms with Gasteiger partial charge >= 0.3 is 6.18 Å². The van der Waals surface area contributed by atoms with Crippen LogP contribution in [0.25, 0.3) is 0 Å². The second-order valence-electron chi connectivity index (χ2n) is 6.95. The number of rotatable bonds is 5. The van der Waals surface area contributed by atoms with Crippen LogP contribution in [0.1, 0.15) is 36.4 Å². The number of aromatic nitrogens is 2. The first-order chi connectivity index (χ1) is 15.2. The van der Waals surface area contributed by atoms with E-state index in [2.05, 4.69) is 15.1 Å². The maximum absolute atomic E-state index is 13.2. The molecule has 1 aromatic carbocycles. The van der Waals surface area contributed by atoms with Gasteiger partial charge in [-0.1, -0.05) is 35.5 Å². The molecule has 0 saturated heterocycles. The Morgan fingerprint density at radius 1 is 1.25 bits per heavy atom. The van der Waals surface area contributed by atoms with Crippen molar-refractivity contribution in [2.24, 2.45) is 5.10 Å². The number of alkyl halides is 3. The van der Waals surface area contributed by atoms with Gasteiger partial charge < -0.3 is 4.42 Å². The zero-order valence-corrected chi connectivity index (χ0v) is 18.2. The van der Waals surface area contributed by atoms with Crippen molar-refractivity contribution in [3.63, 3.8) is 0 Å². The van der Waals surface area contributed by atoms with Crippen molar-refractivity contribution < 1.29 is 22.4 Å². The predicted molar refractivity (Wildman–Crippen MR) is 113 cm³/mol. The molecule has 0 spiro atoms. The van der Waals surface area contributed by atoms with Crippen LogP contribution < -0.4 is 0 Å². The van der Waals surface area contributed by atoms with E-state index >= 15 is 0 Å². The molecule has 3 heterocycles. The topological polar surface area (TPSA) is 71.6 Å². The van der Waals surface area contributed by atoms with Gasteiger partial charge in [0, 0.05) is 17.6 Å². The summed E-state index contributed by atoms with van der Waals surface area (Å²) in [6.07, 6.45) is -1.65. The van der Waals surface area contributed by atoms with Crippen LogP contribution >= 0.6 is 23.4 Å². The molecule has 0 fully saturated rings. The number of nitrogens with zero attached hydrogens (tertiary/aromatic N) is 4. The number of hydrazone groups is 1. The van der Waals surface area contributed by atoms with E-state index in [0.717, 1.165) is 29.6 Å². The molecule has 2 atom stereocenters. The first-order valence-electron chi connectivity index (χ1n) is 9.49. The molecule has 1 amide bonds. The largest absolute Gasteiger partial charge is 0.467 e. The van der Waals surface area contributed by atoms with E-state index < -0.39 is 29.1 Å². The number of hydrogen-bond acceptors (Lipinski definition) is 6. The maximum Gasteiger partial charge on any atom is 0.433 e. The van der Waals surface area contributed by atoms with Crippen LogP contribution in [0.4, 0.5) is 13.2 Å². The Kier molecular flexibility index (Phi) is 6.25. The third kappa shape index (κ3) is 4.81.